The first kappa shape index (κ1) is 16.1. The molecule has 4 nitrogen and oxygen atoms in total. The first-order chi connectivity index (χ1) is 9.15. The fourth-order valence-corrected chi connectivity index (χ4v) is 2.61. The number of hydrogen-bond donors (Lipinski definition) is 2. The molecule has 110 valence electrons. The van der Waals surface area contributed by atoms with Gasteiger partial charge in [0.25, 0.3) is 0 Å². The third kappa shape index (κ3) is 6.14. The van der Waals surface area contributed by atoms with Crippen LogP contribution in [0, 0.1) is 5.92 Å². The van der Waals surface area contributed by atoms with Crippen molar-refractivity contribution >= 4 is 22.4 Å². The average Bonchev–Trinajstić information content (AvgIpc) is 2.70. The van der Waals surface area contributed by atoms with E-state index in [4.69, 9.17) is 10.5 Å². The molecule has 0 saturated carbocycles. The number of nitrogen functional groups attached to an aromatic ring is 1. The topological polar surface area (TPSA) is 60.2 Å². The minimum atomic E-state index is 0.492. The lowest BCUT2D eigenvalue weighted by Crippen LogP contribution is -2.03. The van der Waals surface area contributed by atoms with Crippen LogP contribution in [0.2, 0.25) is 0 Å². The number of ether oxygens (including phenoxy) is 1. The van der Waals surface area contributed by atoms with Gasteiger partial charge in [-0.05, 0) is 30.8 Å². The van der Waals surface area contributed by atoms with Crippen molar-refractivity contribution in [3.05, 3.63) is 0 Å². The highest BCUT2D eigenvalue weighted by Crippen LogP contribution is 2.34. The standard InChI is InChI=1S/C14H27N3OS/c1-4-18-12-13(15)17-19-14(12)16-10-8-6-5-7-9-11(2)3/h11,16H,4-10H2,1-3H3,(H2,15,17). The molecule has 0 aromatic carbocycles. The molecule has 1 rings (SSSR count). The summed E-state index contributed by atoms with van der Waals surface area (Å²) in [5.74, 6) is 2.03. The summed E-state index contributed by atoms with van der Waals surface area (Å²) in [5, 5.41) is 4.33. The molecule has 0 aliphatic heterocycles. The van der Waals surface area contributed by atoms with Crippen LogP contribution < -0.4 is 15.8 Å². The highest BCUT2D eigenvalue weighted by molar-refractivity contribution is 7.11. The third-order valence-corrected chi connectivity index (χ3v) is 3.76. The van der Waals surface area contributed by atoms with E-state index >= 15 is 0 Å². The molecule has 0 aliphatic carbocycles. The highest BCUT2D eigenvalue weighted by Gasteiger charge is 2.11. The van der Waals surface area contributed by atoms with Crippen LogP contribution in [0.25, 0.3) is 0 Å². The van der Waals surface area contributed by atoms with E-state index in [0.29, 0.717) is 18.2 Å². The number of hydrogen-bond acceptors (Lipinski definition) is 5. The van der Waals surface area contributed by atoms with Gasteiger partial charge < -0.3 is 15.8 Å². The monoisotopic (exact) mass is 285 g/mol. The van der Waals surface area contributed by atoms with Gasteiger partial charge in [-0.15, -0.1) is 0 Å². The molecule has 0 atom stereocenters. The summed E-state index contributed by atoms with van der Waals surface area (Å²) in [7, 11) is 0. The molecule has 0 aliphatic rings. The molecule has 0 spiro atoms. The summed E-state index contributed by atoms with van der Waals surface area (Å²) >= 11 is 1.38. The van der Waals surface area contributed by atoms with Crippen molar-refractivity contribution in [2.45, 2.75) is 52.9 Å². The van der Waals surface area contributed by atoms with E-state index < -0.39 is 0 Å². The zero-order valence-corrected chi connectivity index (χ0v) is 13.2. The Morgan fingerprint density at radius 3 is 2.68 bits per heavy atom. The van der Waals surface area contributed by atoms with Crippen LogP contribution in [0.1, 0.15) is 52.9 Å². The van der Waals surface area contributed by atoms with Crippen molar-refractivity contribution in [1.82, 2.24) is 4.37 Å². The Morgan fingerprint density at radius 1 is 1.26 bits per heavy atom. The van der Waals surface area contributed by atoms with Crippen molar-refractivity contribution in [3.8, 4) is 5.75 Å². The fourth-order valence-electron chi connectivity index (χ4n) is 1.92. The third-order valence-electron chi connectivity index (χ3n) is 2.96. The lowest BCUT2D eigenvalue weighted by molar-refractivity contribution is 0.344. The molecule has 19 heavy (non-hydrogen) atoms. The van der Waals surface area contributed by atoms with Crippen molar-refractivity contribution in [2.75, 3.05) is 24.2 Å². The van der Waals surface area contributed by atoms with Gasteiger partial charge in [-0.1, -0.05) is 39.5 Å². The van der Waals surface area contributed by atoms with Crippen molar-refractivity contribution < 1.29 is 4.74 Å². The summed E-state index contributed by atoms with van der Waals surface area (Å²) in [6, 6.07) is 0. The van der Waals surface area contributed by atoms with Crippen molar-refractivity contribution in [3.63, 3.8) is 0 Å². The molecule has 0 unspecified atom stereocenters. The second-order valence-electron chi connectivity index (χ2n) is 5.18. The lowest BCUT2D eigenvalue weighted by atomic mass is 10.0. The predicted molar refractivity (Wildman–Crippen MR) is 84.1 cm³/mol. The van der Waals surface area contributed by atoms with E-state index in [0.717, 1.165) is 17.5 Å². The van der Waals surface area contributed by atoms with Gasteiger partial charge in [-0.25, -0.2) is 0 Å². The van der Waals surface area contributed by atoms with Crippen molar-refractivity contribution in [2.24, 2.45) is 5.92 Å². The molecule has 1 aromatic heterocycles. The van der Waals surface area contributed by atoms with Gasteiger partial charge in [-0.3, -0.25) is 0 Å². The second kappa shape index (κ2) is 9.02. The van der Waals surface area contributed by atoms with Crippen LogP contribution in [-0.2, 0) is 0 Å². The summed E-state index contributed by atoms with van der Waals surface area (Å²) in [6.07, 6.45) is 6.46. The van der Waals surface area contributed by atoms with Gasteiger partial charge >= 0.3 is 0 Å². The molecule has 0 fully saturated rings. The average molecular weight is 285 g/mol. The number of nitrogens with one attached hydrogen (secondary N) is 1. The van der Waals surface area contributed by atoms with Gasteiger partial charge in [0, 0.05) is 6.54 Å². The molecular formula is C14H27N3OS. The lowest BCUT2D eigenvalue weighted by Gasteiger charge is -2.08. The Kier molecular flexibility index (Phi) is 7.63. The first-order valence-corrected chi connectivity index (χ1v) is 8.04. The zero-order chi connectivity index (χ0) is 14.1. The number of nitrogens with two attached hydrogens (primary N) is 1. The summed E-state index contributed by atoms with van der Waals surface area (Å²) in [5.41, 5.74) is 5.76. The SMILES string of the molecule is CCOc1c(N)nsc1NCCCCCCC(C)C. The van der Waals surface area contributed by atoms with Gasteiger partial charge in [-0.2, -0.15) is 4.37 Å². The summed E-state index contributed by atoms with van der Waals surface area (Å²) in [4.78, 5) is 0. The number of rotatable bonds is 10. The molecule has 1 aromatic rings. The zero-order valence-electron chi connectivity index (χ0n) is 12.4. The Hall–Kier alpha value is -0.970. The predicted octanol–water partition coefficient (Wildman–Crippen LogP) is 4.14. The molecule has 0 saturated heterocycles. The fraction of sp³-hybridized carbons (Fsp3) is 0.786. The van der Waals surface area contributed by atoms with Crippen LogP contribution in [0.15, 0.2) is 0 Å². The number of nitrogens with zero attached hydrogens (tertiary/aromatic N) is 1. The number of unbranched alkanes of at least 4 members (excludes halogenated alkanes) is 3. The molecule has 0 amide bonds. The highest BCUT2D eigenvalue weighted by atomic mass is 32.1. The Bertz CT molecular complexity index is 352. The van der Waals surface area contributed by atoms with E-state index in [9.17, 15) is 0 Å². The van der Waals surface area contributed by atoms with Crippen molar-refractivity contribution in [1.29, 1.82) is 0 Å². The van der Waals surface area contributed by atoms with E-state index in [-0.39, 0.29) is 0 Å². The quantitative estimate of drug-likeness (QED) is 0.634. The molecule has 3 N–H and O–H groups in total. The van der Waals surface area contributed by atoms with Crippen LogP contribution >= 0.6 is 11.5 Å². The van der Waals surface area contributed by atoms with Gasteiger partial charge in [0.15, 0.2) is 16.6 Å². The summed E-state index contributed by atoms with van der Waals surface area (Å²) in [6.45, 7) is 8.10. The molecule has 5 heteroatoms. The second-order valence-corrected chi connectivity index (χ2v) is 5.96. The van der Waals surface area contributed by atoms with Crippen LogP contribution in [-0.4, -0.2) is 17.5 Å². The number of aromatic nitrogens is 1. The van der Waals surface area contributed by atoms with Crippen LogP contribution in [0.4, 0.5) is 10.8 Å². The first-order valence-electron chi connectivity index (χ1n) is 7.27. The Labute approximate surface area is 120 Å². The molecule has 0 radical (unpaired) electrons. The van der Waals surface area contributed by atoms with E-state index in [1.165, 1.54) is 43.6 Å². The van der Waals surface area contributed by atoms with Crippen LogP contribution in [0.5, 0.6) is 5.75 Å². The van der Waals surface area contributed by atoms with Gasteiger partial charge in [0.05, 0.1) is 6.61 Å². The number of anilines is 2. The maximum Gasteiger partial charge on any atom is 0.197 e. The molecular weight excluding hydrogens is 258 g/mol. The maximum atomic E-state index is 5.76. The molecule has 1 heterocycles. The molecule has 0 bridgehead atoms. The summed E-state index contributed by atoms with van der Waals surface area (Å²) < 4.78 is 9.60. The van der Waals surface area contributed by atoms with E-state index in [2.05, 4.69) is 23.5 Å². The smallest absolute Gasteiger partial charge is 0.197 e. The van der Waals surface area contributed by atoms with E-state index in [1.54, 1.807) is 0 Å². The minimum Gasteiger partial charge on any atom is -0.487 e. The Morgan fingerprint density at radius 2 is 2.00 bits per heavy atom. The Balaban J connectivity index is 2.15. The normalized spacial score (nSPS) is 10.9. The van der Waals surface area contributed by atoms with Crippen LogP contribution in [0.3, 0.4) is 0 Å². The van der Waals surface area contributed by atoms with E-state index in [1.807, 2.05) is 6.92 Å². The maximum absolute atomic E-state index is 5.76. The minimum absolute atomic E-state index is 0.492. The van der Waals surface area contributed by atoms with Gasteiger partial charge in [0.1, 0.15) is 0 Å². The van der Waals surface area contributed by atoms with Gasteiger partial charge in [0.2, 0.25) is 0 Å². The largest absolute Gasteiger partial charge is 0.487 e.